The number of rotatable bonds is 2. The number of nitrogens with one attached hydrogen (secondary N) is 1. The van der Waals surface area contributed by atoms with Crippen molar-refractivity contribution in [1.82, 2.24) is 10.2 Å². The van der Waals surface area contributed by atoms with Gasteiger partial charge in [0.05, 0.1) is 0 Å². The van der Waals surface area contributed by atoms with E-state index in [0.29, 0.717) is 17.5 Å². The molecule has 0 fully saturated rings. The first-order valence-electron chi connectivity index (χ1n) is 4.07. The van der Waals surface area contributed by atoms with Crippen LogP contribution in [0.2, 0.25) is 0 Å². The first kappa shape index (κ1) is 8.68. The van der Waals surface area contributed by atoms with Crippen molar-refractivity contribution in [1.29, 1.82) is 0 Å². The summed E-state index contributed by atoms with van der Waals surface area (Å²) in [6.45, 7) is 0. The van der Waals surface area contributed by atoms with Crippen molar-refractivity contribution >= 4 is 6.01 Å². The molecule has 0 saturated heterocycles. The van der Waals surface area contributed by atoms with E-state index in [2.05, 4.69) is 15.5 Å². The van der Waals surface area contributed by atoms with Gasteiger partial charge in [-0.2, -0.15) is 0 Å². The van der Waals surface area contributed by atoms with Crippen molar-refractivity contribution < 1.29 is 8.81 Å². The van der Waals surface area contributed by atoms with Crippen molar-refractivity contribution in [3.05, 3.63) is 30.1 Å². The minimum atomic E-state index is -0.290. The highest BCUT2D eigenvalue weighted by atomic mass is 19.1. The summed E-state index contributed by atoms with van der Waals surface area (Å²) in [7, 11) is 1.68. The Morgan fingerprint density at radius 1 is 1.21 bits per heavy atom. The number of nitrogens with zero attached hydrogens (tertiary/aromatic N) is 2. The molecule has 14 heavy (non-hydrogen) atoms. The number of anilines is 1. The Hall–Kier alpha value is -1.91. The van der Waals surface area contributed by atoms with Gasteiger partial charge in [0.1, 0.15) is 5.82 Å². The lowest BCUT2D eigenvalue weighted by atomic mass is 10.2. The maximum absolute atomic E-state index is 12.6. The first-order valence-corrected chi connectivity index (χ1v) is 4.07. The van der Waals surface area contributed by atoms with Gasteiger partial charge >= 0.3 is 6.01 Å². The summed E-state index contributed by atoms with van der Waals surface area (Å²) in [4.78, 5) is 0. The molecule has 0 amide bonds. The summed E-state index contributed by atoms with van der Waals surface area (Å²) < 4.78 is 17.8. The molecule has 0 aliphatic carbocycles. The first-order chi connectivity index (χ1) is 6.79. The fraction of sp³-hybridized carbons (Fsp3) is 0.111. The Balaban J connectivity index is 2.34. The molecule has 0 atom stereocenters. The number of aromatic nitrogens is 2. The second-order valence-electron chi connectivity index (χ2n) is 2.67. The highest BCUT2D eigenvalue weighted by Crippen LogP contribution is 2.19. The van der Waals surface area contributed by atoms with Gasteiger partial charge in [-0.15, -0.1) is 5.10 Å². The quantitative estimate of drug-likeness (QED) is 0.791. The third-order valence-electron chi connectivity index (χ3n) is 1.73. The van der Waals surface area contributed by atoms with Crippen LogP contribution in [-0.4, -0.2) is 17.2 Å². The Labute approximate surface area is 79.8 Å². The summed E-state index contributed by atoms with van der Waals surface area (Å²) in [6.07, 6.45) is 0. The van der Waals surface area contributed by atoms with Crippen LogP contribution in [0.5, 0.6) is 0 Å². The second-order valence-corrected chi connectivity index (χ2v) is 2.67. The molecule has 0 radical (unpaired) electrons. The minimum Gasteiger partial charge on any atom is -0.403 e. The van der Waals surface area contributed by atoms with Crippen molar-refractivity contribution in [3.63, 3.8) is 0 Å². The van der Waals surface area contributed by atoms with Crippen molar-refractivity contribution in [2.24, 2.45) is 0 Å². The average molecular weight is 193 g/mol. The van der Waals surface area contributed by atoms with Crippen LogP contribution < -0.4 is 5.32 Å². The molecule has 1 aromatic carbocycles. The lowest BCUT2D eigenvalue weighted by Gasteiger charge is -1.93. The fourth-order valence-corrected chi connectivity index (χ4v) is 1.03. The zero-order valence-electron chi connectivity index (χ0n) is 7.49. The topological polar surface area (TPSA) is 51.0 Å². The van der Waals surface area contributed by atoms with Gasteiger partial charge in [-0.1, -0.05) is 5.10 Å². The molecule has 2 aromatic rings. The number of halogens is 1. The Morgan fingerprint density at radius 3 is 2.50 bits per heavy atom. The molecule has 4 nitrogen and oxygen atoms in total. The molecule has 0 aliphatic rings. The number of hydrogen-bond donors (Lipinski definition) is 1. The molecule has 0 spiro atoms. The molecule has 0 saturated carbocycles. The molecule has 1 heterocycles. The van der Waals surface area contributed by atoms with Crippen LogP contribution in [-0.2, 0) is 0 Å². The average Bonchev–Trinajstić information content (AvgIpc) is 2.67. The predicted molar refractivity (Wildman–Crippen MR) is 49.2 cm³/mol. The monoisotopic (exact) mass is 193 g/mol. The maximum Gasteiger partial charge on any atom is 0.315 e. The number of benzene rings is 1. The maximum atomic E-state index is 12.6. The minimum absolute atomic E-state index is 0.290. The zero-order valence-corrected chi connectivity index (χ0v) is 7.49. The molecule has 72 valence electrons. The van der Waals surface area contributed by atoms with Crippen molar-refractivity contribution in [2.45, 2.75) is 0 Å². The highest BCUT2D eigenvalue weighted by Gasteiger charge is 2.06. The third kappa shape index (κ3) is 1.56. The van der Waals surface area contributed by atoms with Crippen LogP contribution >= 0.6 is 0 Å². The van der Waals surface area contributed by atoms with Gasteiger partial charge in [-0.25, -0.2) is 4.39 Å². The molecular weight excluding hydrogens is 185 g/mol. The lowest BCUT2D eigenvalue weighted by molar-refractivity contribution is 0.584. The molecule has 0 aliphatic heterocycles. The van der Waals surface area contributed by atoms with Gasteiger partial charge in [0.15, 0.2) is 0 Å². The van der Waals surface area contributed by atoms with Gasteiger partial charge in [0.2, 0.25) is 5.89 Å². The highest BCUT2D eigenvalue weighted by molar-refractivity contribution is 5.52. The SMILES string of the molecule is CNc1nnc(-c2ccc(F)cc2)o1. The van der Waals surface area contributed by atoms with E-state index in [1.807, 2.05) is 0 Å². The zero-order chi connectivity index (χ0) is 9.97. The second kappa shape index (κ2) is 3.45. The van der Waals surface area contributed by atoms with Crippen LogP contribution in [0.3, 0.4) is 0 Å². The van der Waals surface area contributed by atoms with Crippen LogP contribution in [0.15, 0.2) is 28.7 Å². The van der Waals surface area contributed by atoms with E-state index in [-0.39, 0.29) is 5.82 Å². The molecule has 1 N–H and O–H groups in total. The molecule has 2 rings (SSSR count). The smallest absolute Gasteiger partial charge is 0.315 e. The van der Waals surface area contributed by atoms with Crippen LogP contribution in [0, 0.1) is 5.82 Å². The largest absolute Gasteiger partial charge is 0.403 e. The molecule has 0 bridgehead atoms. The fourth-order valence-electron chi connectivity index (χ4n) is 1.03. The summed E-state index contributed by atoms with van der Waals surface area (Å²) in [5.74, 6) is 0.0801. The molecule has 0 unspecified atom stereocenters. The van der Waals surface area contributed by atoms with E-state index < -0.39 is 0 Å². The Morgan fingerprint density at radius 2 is 1.93 bits per heavy atom. The van der Waals surface area contributed by atoms with Gasteiger partial charge < -0.3 is 9.73 Å². The lowest BCUT2D eigenvalue weighted by Crippen LogP contribution is -1.85. The molecule has 5 heteroatoms. The standard InChI is InChI=1S/C9H8FN3O/c1-11-9-13-12-8(14-9)6-2-4-7(10)5-3-6/h2-5H,1H3,(H,11,13). The normalized spacial score (nSPS) is 10.1. The van der Waals surface area contributed by atoms with Crippen LogP contribution in [0.25, 0.3) is 11.5 Å². The van der Waals surface area contributed by atoms with Gasteiger partial charge in [-0.05, 0) is 24.3 Å². The van der Waals surface area contributed by atoms with Crippen molar-refractivity contribution in [3.8, 4) is 11.5 Å². The summed E-state index contributed by atoms with van der Waals surface area (Å²) in [5.41, 5.74) is 0.695. The van der Waals surface area contributed by atoms with E-state index in [1.165, 1.54) is 12.1 Å². The Bertz CT molecular complexity index is 424. The van der Waals surface area contributed by atoms with Crippen LogP contribution in [0.4, 0.5) is 10.4 Å². The van der Waals surface area contributed by atoms with Crippen LogP contribution in [0.1, 0.15) is 0 Å². The van der Waals surface area contributed by atoms with E-state index in [9.17, 15) is 4.39 Å². The molecule has 1 aromatic heterocycles. The van der Waals surface area contributed by atoms with E-state index in [1.54, 1.807) is 19.2 Å². The Kier molecular flexibility index (Phi) is 2.14. The summed E-state index contributed by atoms with van der Waals surface area (Å²) in [6, 6.07) is 6.20. The van der Waals surface area contributed by atoms with Gasteiger partial charge in [0, 0.05) is 12.6 Å². The third-order valence-corrected chi connectivity index (χ3v) is 1.73. The van der Waals surface area contributed by atoms with Crippen molar-refractivity contribution in [2.75, 3.05) is 12.4 Å². The van der Waals surface area contributed by atoms with E-state index in [4.69, 9.17) is 4.42 Å². The molecular formula is C9H8FN3O. The summed E-state index contributed by atoms with van der Waals surface area (Å²) >= 11 is 0. The van der Waals surface area contributed by atoms with Gasteiger partial charge in [0.25, 0.3) is 0 Å². The van der Waals surface area contributed by atoms with E-state index in [0.717, 1.165) is 0 Å². The summed E-state index contributed by atoms with van der Waals surface area (Å²) in [5, 5.41) is 10.2. The number of hydrogen-bond acceptors (Lipinski definition) is 4. The van der Waals surface area contributed by atoms with E-state index >= 15 is 0 Å². The van der Waals surface area contributed by atoms with Gasteiger partial charge in [-0.3, -0.25) is 0 Å². The predicted octanol–water partition coefficient (Wildman–Crippen LogP) is 1.92.